The monoisotopic (exact) mass is 237 g/mol. The molecule has 1 atom stereocenters. The summed E-state index contributed by atoms with van der Waals surface area (Å²) in [6.45, 7) is 5.55. The van der Waals surface area contributed by atoms with Gasteiger partial charge in [0.2, 0.25) is 0 Å². The average molecular weight is 237 g/mol. The van der Waals surface area contributed by atoms with Gasteiger partial charge in [-0.3, -0.25) is 0 Å². The van der Waals surface area contributed by atoms with Crippen LogP contribution in [-0.4, -0.2) is 12.8 Å². The smallest absolute Gasteiger partial charge is 0.0202 e. The Morgan fingerprint density at radius 3 is 2.50 bits per heavy atom. The number of rotatable bonds is 7. The summed E-state index contributed by atoms with van der Waals surface area (Å²) in [6, 6.07) is 8.89. The maximum atomic E-state index is 3.16. The SMILES string of the molecule is CCCC(C)CSc1ccc(CNC)cc1. The van der Waals surface area contributed by atoms with Crippen LogP contribution in [0.25, 0.3) is 0 Å². The zero-order valence-electron chi connectivity index (χ0n) is 10.6. The Kier molecular flexibility index (Phi) is 6.58. The Hall–Kier alpha value is -0.470. The summed E-state index contributed by atoms with van der Waals surface area (Å²) >= 11 is 1.97. The minimum atomic E-state index is 0.826. The van der Waals surface area contributed by atoms with E-state index in [0.29, 0.717) is 0 Å². The molecule has 0 radical (unpaired) electrons. The van der Waals surface area contributed by atoms with Crippen LogP contribution in [0, 0.1) is 5.92 Å². The minimum Gasteiger partial charge on any atom is -0.316 e. The summed E-state index contributed by atoms with van der Waals surface area (Å²) < 4.78 is 0. The number of hydrogen-bond acceptors (Lipinski definition) is 2. The lowest BCUT2D eigenvalue weighted by molar-refractivity contribution is 0.585. The molecule has 1 rings (SSSR count). The molecule has 1 aromatic rings. The molecule has 0 bridgehead atoms. The van der Waals surface area contributed by atoms with Crippen molar-refractivity contribution in [1.29, 1.82) is 0 Å². The van der Waals surface area contributed by atoms with Gasteiger partial charge < -0.3 is 5.32 Å². The molecule has 0 heterocycles. The van der Waals surface area contributed by atoms with Crippen LogP contribution in [0.15, 0.2) is 29.2 Å². The highest BCUT2D eigenvalue weighted by Crippen LogP contribution is 2.22. The first-order valence-corrected chi connectivity index (χ1v) is 7.11. The van der Waals surface area contributed by atoms with Crippen molar-refractivity contribution >= 4 is 11.8 Å². The predicted molar refractivity (Wildman–Crippen MR) is 74.0 cm³/mol. The van der Waals surface area contributed by atoms with E-state index in [1.807, 2.05) is 18.8 Å². The number of nitrogens with one attached hydrogen (secondary N) is 1. The minimum absolute atomic E-state index is 0.826. The summed E-state index contributed by atoms with van der Waals surface area (Å²) in [5, 5.41) is 3.16. The normalized spacial score (nSPS) is 12.7. The Bertz CT molecular complexity index is 281. The van der Waals surface area contributed by atoms with Crippen LogP contribution < -0.4 is 5.32 Å². The fourth-order valence-electron chi connectivity index (χ4n) is 1.72. The fraction of sp³-hybridized carbons (Fsp3) is 0.571. The van der Waals surface area contributed by atoms with Gasteiger partial charge in [-0.05, 0) is 30.7 Å². The van der Waals surface area contributed by atoms with Crippen LogP contribution in [0.2, 0.25) is 0 Å². The average Bonchev–Trinajstić information content (AvgIpc) is 2.29. The first kappa shape index (κ1) is 13.6. The number of hydrogen-bond donors (Lipinski definition) is 1. The van der Waals surface area contributed by atoms with Crippen LogP contribution in [0.4, 0.5) is 0 Å². The second kappa shape index (κ2) is 7.75. The van der Waals surface area contributed by atoms with E-state index in [0.717, 1.165) is 12.5 Å². The van der Waals surface area contributed by atoms with Crippen molar-refractivity contribution in [2.24, 2.45) is 5.92 Å². The first-order chi connectivity index (χ1) is 7.76. The molecule has 0 aliphatic heterocycles. The molecular formula is C14H23NS. The van der Waals surface area contributed by atoms with Crippen molar-refractivity contribution in [1.82, 2.24) is 5.32 Å². The van der Waals surface area contributed by atoms with Crippen LogP contribution in [0.3, 0.4) is 0 Å². The summed E-state index contributed by atoms with van der Waals surface area (Å²) in [6.07, 6.45) is 2.63. The third kappa shape index (κ3) is 5.04. The maximum absolute atomic E-state index is 3.16. The van der Waals surface area contributed by atoms with Gasteiger partial charge in [0, 0.05) is 17.2 Å². The summed E-state index contributed by atoms with van der Waals surface area (Å²) in [7, 11) is 1.98. The molecule has 1 nitrogen and oxygen atoms in total. The van der Waals surface area contributed by atoms with E-state index < -0.39 is 0 Å². The number of thioether (sulfide) groups is 1. The van der Waals surface area contributed by atoms with Gasteiger partial charge in [0.05, 0.1) is 0 Å². The molecule has 0 saturated carbocycles. The Morgan fingerprint density at radius 2 is 1.94 bits per heavy atom. The summed E-state index contributed by atoms with van der Waals surface area (Å²) in [4.78, 5) is 1.39. The van der Waals surface area contributed by atoms with Gasteiger partial charge in [0.15, 0.2) is 0 Å². The molecule has 1 unspecified atom stereocenters. The van der Waals surface area contributed by atoms with E-state index in [4.69, 9.17) is 0 Å². The highest BCUT2D eigenvalue weighted by atomic mass is 32.2. The topological polar surface area (TPSA) is 12.0 Å². The molecule has 1 N–H and O–H groups in total. The zero-order chi connectivity index (χ0) is 11.8. The first-order valence-electron chi connectivity index (χ1n) is 6.12. The summed E-state index contributed by atoms with van der Waals surface area (Å²) in [5.41, 5.74) is 1.36. The van der Waals surface area contributed by atoms with Crippen molar-refractivity contribution in [3.05, 3.63) is 29.8 Å². The molecule has 0 spiro atoms. The third-order valence-corrected chi connectivity index (χ3v) is 3.96. The van der Waals surface area contributed by atoms with E-state index in [-0.39, 0.29) is 0 Å². The third-order valence-electron chi connectivity index (χ3n) is 2.62. The Balaban J connectivity index is 2.37. The highest BCUT2D eigenvalue weighted by Gasteiger charge is 2.02. The maximum Gasteiger partial charge on any atom is 0.0202 e. The van der Waals surface area contributed by atoms with E-state index in [1.165, 1.54) is 29.1 Å². The van der Waals surface area contributed by atoms with Crippen molar-refractivity contribution in [2.45, 2.75) is 38.1 Å². The van der Waals surface area contributed by atoms with E-state index >= 15 is 0 Å². The van der Waals surface area contributed by atoms with E-state index in [1.54, 1.807) is 0 Å². The molecule has 1 aromatic carbocycles. The van der Waals surface area contributed by atoms with Crippen molar-refractivity contribution in [3.8, 4) is 0 Å². The van der Waals surface area contributed by atoms with Gasteiger partial charge in [-0.1, -0.05) is 38.8 Å². The molecule has 0 fully saturated rings. The van der Waals surface area contributed by atoms with Gasteiger partial charge in [-0.15, -0.1) is 11.8 Å². The fourth-order valence-corrected chi connectivity index (χ4v) is 2.69. The van der Waals surface area contributed by atoms with Crippen molar-refractivity contribution in [3.63, 3.8) is 0 Å². The molecule has 0 amide bonds. The highest BCUT2D eigenvalue weighted by molar-refractivity contribution is 7.99. The largest absolute Gasteiger partial charge is 0.316 e. The quantitative estimate of drug-likeness (QED) is 0.721. The van der Waals surface area contributed by atoms with Crippen LogP contribution in [0.1, 0.15) is 32.3 Å². The molecule has 16 heavy (non-hydrogen) atoms. The van der Waals surface area contributed by atoms with Crippen LogP contribution in [0.5, 0.6) is 0 Å². The van der Waals surface area contributed by atoms with E-state index in [2.05, 4.69) is 43.4 Å². The molecule has 0 saturated heterocycles. The van der Waals surface area contributed by atoms with Gasteiger partial charge in [-0.2, -0.15) is 0 Å². The molecule has 90 valence electrons. The molecule has 0 aromatic heterocycles. The van der Waals surface area contributed by atoms with Gasteiger partial charge >= 0.3 is 0 Å². The van der Waals surface area contributed by atoms with Gasteiger partial charge in [0.25, 0.3) is 0 Å². The van der Waals surface area contributed by atoms with Crippen LogP contribution in [-0.2, 0) is 6.54 Å². The lowest BCUT2D eigenvalue weighted by Crippen LogP contribution is -2.04. The van der Waals surface area contributed by atoms with Crippen molar-refractivity contribution in [2.75, 3.05) is 12.8 Å². The van der Waals surface area contributed by atoms with Gasteiger partial charge in [0.1, 0.15) is 0 Å². The number of benzene rings is 1. The molecular weight excluding hydrogens is 214 g/mol. The second-order valence-electron chi connectivity index (χ2n) is 4.38. The Labute approximate surface area is 104 Å². The van der Waals surface area contributed by atoms with Crippen molar-refractivity contribution < 1.29 is 0 Å². The predicted octanol–water partition coefficient (Wildman–Crippen LogP) is 3.93. The second-order valence-corrected chi connectivity index (χ2v) is 5.47. The summed E-state index contributed by atoms with van der Waals surface area (Å²) in [5.74, 6) is 2.06. The van der Waals surface area contributed by atoms with E-state index in [9.17, 15) is 0 Å². The lowest BCUT2D eigenvalue weighted by Gasteiger charge is -2.09. The molecule has 0 aliphatic carbocycles. The Morgan fingerprint density at radius 1 is 1.25 bits per heavy atom. The molecule has 2 heteroatoms. The van der Waals surface area contributed by atoms with Crippen LogP contribution >= 0.6 is 11.8 Å². The molecule has 0 aliphatic rings. The lowest BCUT2D eigenvalue weighted by atomic mass is 10.1. The standard InChI is InChI=1S/C14H23NS/c1-4-5-12(2)11-16-14-8-6-13(7-9-14)10-15-3/h6-9,12,15H,4-5,10-11H2,1-3H3. The van der Waals surface area contributed by atoms with Gasteiger partial charge in [-0.25, -0.2) is 0 Å². The zero-order valence-corrected chi connectivity index (χ0v) is 11.4.